The Morgan fingerprint density at radius 2 is 1.76 bits per heavy atom. The smallest absolute Gasteiger partial charge is 0.238 e. The maximum absolute atomic E-state index is 11.5. The Balaban J connectivity index is 2.19. The molecule has 3 N–H and O–H groups in total. The zero-order chi connectivity index (χ0) is 15.6. The zero-order valence-corrected chi connectivity index (χ0v) is 13.4. The largest absolute Gasteiger partial charge is 0.381 e. The summed E-state index contributed by atoms with van der Waals surface area (Å²) in [5.74, 6) is 0. The van der Waals surface area contributed by atoms with Gasteiger partial charge in [-0.3, -0.25) is 0 Å². The molecule has 112 valence electrons. The van der Waals surface area contributed by atoms with Gasteiger partial charge in [0.05, 0.1) is 4.90 Å². The van der Waals surface area contributed by atoms with Crippen molar-refractivity contribution in [3.8, 4) is 0 Å². The number of hydrogen-bond donors (Lipinski definition) is 2. The minimum atomic E-state index is -3.71. The molecule has 4 nitrogen and oxygen atoms in total. The number of rotatable bonds is 4. The van der Waals surface area contributed by atoms with Gasteiger partial charge in [0.15, 0.2) is 0 Å². The van der Waals surface area contributed by atoms with Crippen molar-refractivity contribution in [3.63, 3.8) is 0 Å². The van der Waals surface area contributed by atoms with Crippen LogP contribution in [0.4, 0.5) is 5.69 Å². The van der Waals surface area contributed by atoms with Crippen LogP contribution in [-0.2, 0) is 16.6 Å². The number of aryl methyl sites for hydroxylation is 2. The number of benzene rings is 2. The normalized spacial score (nSPS) is 11.4. The molecule has 0 saturated carbocycles. The van der Waals surface area contributed by atoms with Gasteiger partial charge in [0.2, 0.25) is 10.0 Å². The number of halogens is 1. The summed E-state index contributed by atoms with van der Waals surface area (Å²) in [7, 11) is -3.71. The molecule has 0 amide bonds. The van der Waals surface area contributed by atoms with Gasteiger partial charge < -0.3 is 5.32 Å². The van der Waals surface area contributed by atoms with Gasteiger partial charge in [-0.2, -0.15) is 0 Å². The molecule has 0 radical (unpaired) electrons. The van der Waals surface area contributed by atoms with E-state index in [1.165, 1.54) is 0 Å². The first-order valence-electron chi connectivity index (χ1n) is 6.40. The monoisotopic (exact) mass is 324 g/mol. The lowest BCUT2D eigenvalue weighted by Gasteiger charge is -2.10. The van der Waals surface area contributed by atoms with Crippen LogP contribution in [0.2, 0.25) is 5.02 Å². The standard InChI is InChI=1S/C15H17ClN2O2S/c1-10-3-5-12(7-14(10)16)9-18-13-6-4-11(2)15(8-13)21(17,19)20/h3-8,18H,9H2,1-2H3,(H2,17,19,20). The van der Waals surface area contributed by atoms with Crippen LogP contribution in [0.25, 0.3) is 0 Å². The van der Waals surface area contributed by atoms with Gasteiger partial charge in [-0.1, -0.05) is 29.8 Å². The predicted molar refractivity (Wildman–Crippen MR) is 86.1 cm³/mol. The quantitative estimate of drug-likeness (QED) is 0.907. The van der Waals surface area contributed by atoms with E-state index in [-0.39, 0.29) is 4.90 Å². The summed E-state index contributed by atoms with van der Waals surface area (Å²) < 4.78 is 23.0. The first-order chi connectivity index (χ1) is 9.77. The van der Waals surface area contributed by atoms with Gasteiger partial charge in [-0.25, -0.2) is 13.6 Å². The first kappa shape index (κ1) is 15.8. The summed E-state index contributed by atoms with van der Waals surface area (Å²) in [4.78, 5) is 0.134. The summed E-state index contributed by atoms with van der Waals surface area (Å²) in [6.07, 6.45) is 0. The van der Waals surface area contributed by atoms with Gasteiger partial charge in [-0.15, -0.1) is 0 Å². The third-order valence-electron chi connectivity index (χ3n) is 3.23. The van der Waals surface area contributed by atoms with Crippen LogP contribution >= 0.6 is 11.6 Å². The molecular formula is C15H17ClN2O2S. The average molecular weight is 325 g/mol. The fourth-order valence-corrected chi connectivity index (χ4v) is 2.98. The topological polar surface area (TPSA) is 72.2 Å². The van der Waals surface area contributed by atoms with Crippen LogP contribution in [0.5, 0.6) is 0 Å². The Bertz CT molecular complexity index is 773. The van der Waals surface area contributed by atoms with E-state index in [0.717, 1.165) is 11.1 Å². The van der Waals surface area contributed by atoms with E-state index < -0.39 is 10.0 Å². The Labute approximate surface area is 130 Å². The van der Waals surface area contributed by atoms with Crippen molar-refractivity contribution >= 4 is 27.3 Å². The Kier molecular flexibility index (Phi) is 4.56. The van der Waals surface area contributed by atoms with Crippen LogP contribution in [0, 0.1) is 13.8 Å². The summed E-state index contributed by atoms with van der Waals surface area (Å²) in [5.41, 5.74) is 3.36. The lowest BCUT2D eigenvalue weighted by Crippen LogP contribution is -2.14. The van der Waals surface area contributed by atoms with Gasteiger partial charge in [0.25, 0.3) is 0 Å². The molecule has 0 aromatic heterocycles. The van der Waals surface area contributed by atoms with E-state index in [2.05, 4.69) is 5.32 Å². The average Bonchev–Trinajstić information content (AvgIpc) is 2.40. The molecule has 0 aliphatic rings. The molecule has 0 bridgehead atoms. The number of primary sulfonamides is 1. The molecule has 0 aliphatic carbocycles. The Morgan fingerprint density at radius 3 is 2.38 bits per heavy atom. The highest BCUT2D eigenvalue weighted by molar-refractivity contribution is 7.89. The first-order valence-corrected chi connectivity index (χ1v) is 8.32. The van der Waals surface area contributed by atoms with Crippen molar-refractivity contribution in [1.29, 1.82) is 0 Å². The van der Waals surface area contributed by atoms with Crippen LogP contribution in [0.15, 0.2) is 41.3 Å². The Morgan fingerprint density at radius 1 is 1.10 bits per heavy atom. The fourth-order valence-electron chi connectivity index (χ4n) is 1.97. The highest BCUT2D eigenvalue weighted by Crippen LogP contribution is 2.21. The second-order valence-electron chi connectivity index (χ2n) is 4.96. The zero-order valence-electron chi connectivity index (χ0n) is 11.9. The number of nitrogens with one attached hydrogen (secondary N) is 1. The molecule has 6 heteroatoms. The maximum Gasteiger partial charge on any atom is 0.238 e. The van der Waals surface area contributed by atoms with Gasteiger partial charge in [0.1, 0.15) is 0 Å². The minimum Gasteiger partial charge on any atom is -0.381 e. The predicted octanol–water partition coefficient (Wildman–Crippen LogP) is 3.22. The Hall–Kier alpha value is -1.56. The molecule has 0 unspecified atom stereocenters. The van der Waals surface area contributed by atoms with Crippen LogP contribution in [0.1, 0.15) is 16.7 Å². The van der Waals surface area contributed by atoms with E-state index in [4.69, 9.17) is 16.7 Å². The van der Waals surface area contributed by atoms with E-state index in [1.54, 1.807) is 19.1 Å². The van der Waals surface area contributed by atoms with Crippen molar-refractivity contribution in [1.82, 2.24) is 0 Å². The van der Waals surface area contributed by atoms with Crippen LogP contribution in [0.3, 0.4) is 0 Å². The molecule has 0 fully saturated rings. The van der Waals surface area contributed by atoms with Crippen LogP contribution in [-0.4, -0.2) is 8.42 Å². The molecule has 2 aromatic rings. The van der Waals surface area contributed by atoms with E-state index in [9.17, 15) is 8.42 Å². The molecule has 0 atom stereocenters. The molecule has 0 saturated heterocycles. The molecule has 21 heavy (non-hydrogen) atoms. The number of hydrogen-bond acceptors (Lipinski definition) is 3. The summed E-state index contributed by atoms with van der Waals surface area (Å²) in [6, 6.07) is 10.9. The summed E-state index contributed by atoms with van der Waals surface area (Å²) >= 11 is 6.08. The molecule has 0 spiro atoms. The van der Waals surface area contributed by atoms with E-state index in [0.29, 0.717) is 22.8 Å². The van der Waals surface area contributed by atoms with E-state index in [1.807, 2.05) is 31.2 Å². The van der Waals surface area contributed by atoms with Crippen molar-refractivity contribution in [2.45, 2.75) is 25.3 Å². The van der Waals surface area contributed by atoms with Crippen molar-refractivity contribution in [2.24, 2.45) is 5.14 Å². The minimum absolute atomic E-state index is 0.134. The van der Waals surface area contributed by atoms with E-state index >= 15 is 0 Å². The number of anilines is 1. The second-order valence-corrected chi connectivity index (χ2v) is 6.90. The number of sulfonamides is 1. The molecule has 2 rings (SSSR count). The summed E-state index contributed by atoms with van der Waals surface area (Å²) in [5, 5.41) is 9.08. The van der Waals surface area contributed by atoms with Gasteiger partial charge in [-0.05, 0) is 48.7 Å². The molecule has 0 heterocycles. The van der Waals surface area contributed by atoms with Crippen molar-refractivity contribution in [2.75, 3.05) is 5.32 Å². The van der Waals surface area contributed by atoms with Gasteiger partial charge >= 0.3 is 0 Å². The van der Waals surface area contributed by atoms with Gasteiger partial charge in [0, 0.05) is 17.3 Å². The lowest BCUT2D eigenvalue weighted by atomic mass is 10.1. The maximum atomic E-state index is 11.5. The highest BCUT2D eigenvalue weighted by Gasteiger charge is 2.12. The third-order valence-corrected chi connectivity index (χ3v) is 4.69. The SMILES string of the molecule is Cc1ccc(CNc2ccc(C)c(S(N)(=O)=O)c2)cc1Cl. The second kappa shape index (κ2) is 6.05. The number of nitrogens with two attached hydrogens (primary N) is 1. The van der Waals surface area contributed by atoms with Crippen LogP contribution < -0.4 is 10.5 Å². The molecular weight excluding hydrogens is 308 g/mol. The van der Waals surface area contributed by atoms with Crippen molar-refractivity contribution < 1.29 is 8.42 Å². The fraction of sp³-hybridized carbons (Fsp3) is 0.200. The van der Waals surface area contributed by atoms with Crippen molar-refractivity contribution in [3.05, 3.63) is 58.1 Å². The highest BCUT2D eigenvalue weighted by atomic mass is 35.5. The molecule has 0 aliphatic heterocycles. The lowest BCUT2D eigenvalue weighted by molar-refractivity contribution is 0.597. The third kappa shape index (κ3) is 3.97. The molecule has 2 aromatic carbocycles. The summed E-state index contributed by atoms with van der Waals surface area (Å²) in [6.45, 7) is 4.20.